The smallest absolute Gasteiger partial charge is 0.328 e. The third-order valence-electron chi connectivity index (χ3n) is 1.39. The van der Waals surface area contributed by atoms with E-state index in [1.165, 1.54) is 17.2 Å². The third-order valence-corrected chi connectivity index (χ3v) is 2.78. The van der Waals surface area contributed by atoms with Gasteiger partial charge < -0.3 is 10.8 Å². The molecule has 0 aliphatic heterocycles. The fourth-order valence-electron chi connectivity index (χ4n) is 0.810. The summed E-state index contributed by atoms with van der Waals surface area (Å²) in [6.07, 6.45) is 1.04. The van der Waals surface area contributed by atoms with Gasteiger partial charge in [0.2, 0.25) is 0 Å². The van der Waals surface area contributed by atoms with Gasteiger partial charge in [0.15, 0.2) is 0 Å². The highest BCUT2D eigenvalue weighted by Gasteiger charge is 2.02. The van der Waals surface area contributed by atoms with Gasteiger partial charge in [0.1, 0.15) is 0 Å². The number of aliphatic carboxylic acids is 1. The molecule has 0 aliphatic carbocycles. The van der Waals surface area contributed by atoms with Crippen LogP contribution in [-0.2, 0) is 4.79 Å². The van der Waals surface area contributed by atoms with Crippen molar-refractivity contribution in [3.8, 4) is 0 Å². The zero-order valence-electron chi connectivity index (χ0n) is 7.11. The van der Waals surface area contributed by atoms with Crippen LogP contribution >= 0.6 is 23.4 Å². The van der Waals surface area contributed by atoms with Crippen LogP contribution in [-0.4, -0.2) is 11.1 Å². The fraction of sp³-hybridized carbons (Fsp3) is 0. The first-order valence-electron chi connectivity index (χ1n) is 3.71. The van der Waals surface area contributed by atoms with Crippen molar-refractivity contribution in [2.24, 2.45) is 0 Å². The number of rotatable bonds is 3. The van der Waals surface area contributed by atoms with Crippen molar-refractivity contribution >= 4 is 35.0 Å². The number of nitrogens with two attached hydrogens (primary N) is 1. The maximum Gasteiger partial charge on any atom is 0.328 e. The summed E-state index contributed by atoms with van der Waals surface area (Å²) in [5.74, 6) is -0.997. The van der Waals surface area contributed by atoms with Crippen LogP contribution in [0.25, 0.3) is 0 Å². The molecule has 0 unspecified atom stereocenters. The number of hydrogen-bond acceptors (Lipinski definition) is 3. The molecule has 14 heavy (non-hydrogen) atoms. The second-order valence-electron chi connectivity index (χ2n) is 2.42. The minimum absolute atomic E-state index is 0.519. The summed E-state index contributed by atoms with van der Waals surface area (Å²) >= 11 is 7.05. The van der Waals surface area contributed by atoms with E-state index < -0.39 is 5.97 Å². The molecule has 3 nitrogen and oxygen atoms in total. The minimum atomic E-state index is -0.997. The van der Waals surface area contributed by atoms with Gasteiger partial charge >= 0.3 is 5.97 Å². The van der Waals surface area contributed by atoms with Gasteiger partial charge in [-0.25, -0.2) is 4.79 Å². The molecule has 0 bridgehead atoms. The normalized spacial score (nSPS) is 10.6. The second kappa shape index (κ2) is 4.93. The molecule has 1 aromatic carbocycles. The maximum atomic E-state index is 10.2. The van der Waals surface area contributed by atoms with E-state index in [1.54, 1.807) is 18.2 Å². The summed E-state index contributed by atoms with van der Waals surface area (Å²) < 4.78 is 0. The first kappa shape index (κ1) is 10.9. The van der Waals surface area contributed by atoms with Gasteiger partial charge in [-0.2, -0.15) is 0 Å². The number of carboxylic acid groups (broad SMARTS) is 1. The van der Waals surface area contributed by atoms with Crippen LogP contribution in [0, 0.1) is 0 Å². The largest absolute Gasteiger partial charge is 0.478 e. The second-order valence-corrected chi connectivity index (χ2v) is 3.74. The van der Waals surface area contributed by atoms with Crippen molar-refractivity contribution in [2.45, 2.75) is 4.90 Å². The molecule has 0 saturated heterocycles. The van der Waals surface area contributed by atoms with Crippen molar-refractivity contribution in [2.75, 3.05) is 5.73 Å². The molecule has 0 atom stereocenters. The Bertz CT molecular complexity index is 359. The zero-order chi connectivity index (χ0) is 10.6. The van der Waals surface area contributed by atoms with E-state index in [0.29, 0.717) is 15.6 Å². The topological polar surface area (TPSA) is 63.3 Å². The number of halogens is 1. The Balaban J connectivity index is 2.81. The third kappa shape index (κ3) is 2.97. The number of carboxylic acids is 1. The Morgan fingerprint density at radius 2 is 2.29 bits per heavy atom. The summed E-state index contributed by atoms with van der Waals surface area (Å²) in [7, 11) is 0. The van der Waals surface area contributed by atoms with E-state index >= 15 is 0 Å². The van der Waals surface area contributed by atoms with E-state index in [9.17, 15) is 4.79 Å². The minimum Gasteiger partial charge on any atom is -0.478 e. The Morgan fingerprint density at radius 3 is 2.86 bits per heavy atom. The molecule has 0 aromatic heterocycles. The molecule has 1 aromatic rings. The SMILES string of the molecule is Nc1cccc(Cl)c1S/C=C/C(=O)O. The number of nitrogen functional groups attached to an aromatic ring is 1. The molecule has 0 spiro atoms. The first-order valence-corrected chi connectivity index (χ1v) is 4.97. The van der Waals surface area contributed by atoms with Gasteiger partial charge in [-0.1, -0.05) is 29.4 Å². The average molecular weight is 230 g/mol. The monoisotopic (exact) mass is 229 g/mol. The summed E-state index contributed by atoms with van der Waals surface area (Å²) in [5, 5.41) is 10.3. The first-order chi connectivity index (χ1) is 6.61. The van der Waals surface area contributed by atoms with Crippen molar-refractivity contribution in [1.29, 1.82) is 0 Å². The van der Waals surface area contributed by atoms with E-state index in [-0.39, 0.29) is 0 Å². The zero-order valence-corrected chi connectivity index (χ0v) is 8.68. The molecule has 0 radical (unpaired) electrons. The molecule has 0 amide bonds. The van der Waals surface area contributed by atoms with Gasteiger partial charge in [0.05, 0.1) is 9.92 Å². The lowest BCUT2D eigenvalue weighted by atomic mass is 10.3. The number of thioether (sulfide) groups is 1. The molecule has 1 rings (SSSR count). The molecule has 5 heteroatoms. The predicted octanol–water partition coefficient (Wildman–Crippen LogP) is 2.61. The van der Waals surface area contributed by atoms with Crippen molar-refractivity contribution in [3.63, 3.8) is 0 Å². The molecular weight excluding hydrogens is 222 g/mol. The molecule has 3 N–H and O–H groups in total. The van der Waals surface area contributed by atoms with Gasteiger partial charge in [-0.3, -0.25) is 0 Å². The lowest BCUT2D eigenvalue weighted by Crippen LogP contribution is -1.88. The number of anilines is 1. The molecule has 0 fully saturated rings. The molecular formula is C9H8ClNO2S. The Morgan fingerprint density at radius 1 is 1.57 bits per heavy atom. The van der Waals surface area contributed by atoms with Gasteiger partial charge in [0, 0.05) is 11.8 Å². The molecule has 0 heterocycles. The summed E-state index contributed by atoms with van der Waals surface area (Å²) in [4.78, 5) is 10.9. The van der Waals surface area contributed by atoms with E-state index in [2.05, 4.69) is 0 Å². The Labute approximate surface area is 90.6 Å². The highest BCUT2D eigenvalue weighted by molar-refractivity contribution is 8.02. The van der Waals surface area contributed by atoms with Crippen LogP contribution in [0.5, 0.6) is 0 Å². The van der Waals surface area contributed by atoms with Crippen LogP contribution in [0.2, 0.25) is 5.02 Å². The Hall–Kier alpha value is -1.13. The number of benzene rings is 1. The highest BCUT2D eigenvalue weighted by atomic mass is 35.5. The fourth-order valence-corrected chi connectivity index (χ4v) is 1.83. The quantitative estimate of drug-likeness (QED) is 0.475. The Kier molecular flexibility index (Phi) is 3.85. The van der Waals surface area contributed by atoms with Crippen molar-refractivity contribution < 1.29 is 9.90 Å². The number of hydrogen-bond donors (Lipinski definition) is 2. The summed E-state index contributed by atoms with van der Waals surface area (Å²) in [6.45, 7) is 0. The highest BCUT2D eigenvalue weighted by Crippen LogP contribution is 2.32. The van der Waals surface area contributed by atoms with Crippen molar-refractivity contribution in [1.82, 2.24) is 0 Å². The average Bonchev–Trinajstić information content (AvgIpc) is 2.09. The lowest BCUT2D eigenvalue weighted by Gasteiger charge is -2.03. The van der Waals surface area contributed by atoms with Crippen molar-refractivity contribution in [3.05, 3.63) is 34.7 Å². The predicted molar refractivity (Wildman–Crippen MR) is 58.5 cm³/mol. The standard InChI is InChI=1S/C9H8ClNO2S/c10-6-2-1-3-7(11)9(6)14-5-4-8(12)13/h1-5H,11H2,(H,12,13)/b5-4+. The maximum absolute atomic E-state index is 10.2. The van der Waals surface area contributed by atoms with E-state index in [0.717, 1.165) is 6.08 Å². The lowest BCUT2D eigenvalue weighted by molar-refractivity contribution is -0.131. The van der Waals surface area contributed by atoms with Crippen LogP contribution in [0.1, 0.15) is 0 Å². The van der Waals surface area contributed by atoms with Crippen LogP contribution in [0.3, 0.4) is 0 Å². The van der Waals surface area contributed by atoms with E-state index in [1.807, 2.05) is 0 Å². The number of carbonyl (C=O) groups is 1. The van der Waals surface area contributed by atoms with Crippen LogP contribution in [0.15, 0.2) is 34.6 Å². The summed E-state index contributed by atoms with van der Waals surface area (Å²) in [5.41, 5.74) is 6.19. The molecule has 74 valence electrons. The summed E-state index contributed by atoms with van der Waals surface area (Å²) in [6, 6.07) is 5.15. The van der Waals surface area contributed by atoms with Gasteiger partial charge in [0.25, 0.3) is 0 Å². The van der Waals surface area contributed by atoms with Crippen LogP contribution in [0.4, 0.5) is 5.69 Å². The van der Waals surface area contributed by atoms with Gasteiger partial charge in [-0.15, -0.1) is 0 Å². The molecule has 0 aliphatic rings. The van der Waals surface area contributed by atoms with E-state index in [4.69, 9.17) is 22.4 Å². The van der Waals surface area contributed by atoms with Crippen LogP contribution < -0.4 is 5.73 Å². The van der Waals surface area contributed by atoms with Gasteiger partial charge in [-0.05, 0) is 17.5 Å². The molecule has 0 saturated carbocycles.